The molecule has 4 nitrogen and oxygen atoms in total. The van der Waals surface area contributed by atoms with Crippen LogP contribution in [0.1, 0.15) is 27.7 Å². The molecule has 20 heavy (non-hydrogen) atoms. The van der Waals surface area contributed by atoms with Crippen LogP contribution in [0.5, 0.6) is 0 Å². The van der Waals surface area contributed by atoms with Crippen LogP contribution in [0.25, 0.3) is 0 Å². The van der Waals surface area contributed by atoms with E-state index in [4.69, 9.17) is 0 Å². The maximum absolute atomic E-state index is 12.2. The Bertz CT molecular complexity index is 522. The Labute approximate surface area is 130 Å². The predicted octanol–water partition coefficient (Wildman–Crippen LogP) is 2.85. The van der Waals surface area contributed by atoms with Crippen molar-refractivity contribution in [2.45, 2.75) is 44.7 Å². The average Bonchev–Trinajstić information content (AvgIpc) is 2.34. The lowest BCUT2D eigenvalue weighted by atomic mass is 10.2. The normalized spacial score (nSPS) is 12.6. The summed E-state index contributed by atoms with van der Waals surface area (Å²) in [6.45, 7) is 9.55. The van der Waals surface area contributed by atoms with Gasteiger partial charge in [-0.05, 0) is 55.8 Å². The second kappa shape index (κ2) is 7.54. The number of sulfonamides is 1. The molecule has 0 spiro atoms. The van der Waals surface area contributed by atoms with Crippen LogP contribution in [0.4, 0.5) is 0 Å². The second-order valence-corrected chi connectivity index (χ2v) is 7.84. The van der Waals surface area contributed by atoms with Crippen LogP contribution < -0.4 is 4.72 Å². The first kappa shape index (κ1) is 17.6. The van der Waals surface area contributed by atoms with Gasteiger partial charge in [0, 0.05) is 29.6 Å². The molecular weight excluding hydrogens is 340 g/mol. The molecule has 0 aliphatic carbocycles. The van der Waals surface area contributed by atoms with Crippen molar-refractivity contribution in [1.82, 2.24) is 9.62 Å². The Morgan fingerprint density at radius 3 is 2.20 bits per heavy atom. The molecule has 0 aromatic heterocycles. The van der Waals surface area contributed by atoms with E-state index in [-0.39, 0.29) is 4.90 Å². The molecular formula is C14H23BrN2O2S. The van der Waals surface area contributed by atoms with Crippen molar-refractivity contribution in [3.63, 3.8) is 0 Å². The summed E-state index contributed by atoms with van der Waals surface area (Å²) in [5.41, 5.74) is 0. The molecule has 0 atom stereocenters. The summed E-state index contributed by atoms with van der Waals surface area (Å²) < 4.78 is 27.7. The minimum absolute atomic E-state index is 0.278. The molecule has 0 amide bonds. The number of nitrogens with zero attached hydrogens (tertiary/aromatic N) is 1. The van der Waals surface area contributed by atoms with E-state index in [9.17, 15) is 8.42 Å². The van der Waals surface area contributed by atoms with Crippen molar-refractivity contribution in [3.05, 3.63) is 28.7 Å². The van der Waals surface area contributed by atoms with Gasteiger partial charge in [0.15, 0.2) is 0 Å². The SMILES string of the molecule is CC(C)N(CCNS(=O)(=O)c1ccccc1Br)C(C)C. The maximum atomic E-state index is 12.2. The number of benzene rings is 1. The van der Waals surface area contributed by atoms with Gasteiger partial charge in [-0.3, -0.25) is 4.90 Å². The summed E-state index contributed by atoms with van der Waals surface area (Å²) >= 11 is 3.27. The topological polar surface area (TPSA) is 49.4 Å². The zero-order valence-corrected chi connectivity index (χ0v) is 14.8. The monoisotopic (exact) mass is 362 g/mol. The molecule has 0 aliphatic rings. The molecule has 0 bridgehead atoms. The third-order valence-electron chi connectivity index (χ3n) is 3.11. The van der Waals surface area contributed by atoms with Gasteiger partial charge < -0.3 is 0 Å². The van der Waals surface area contributed by atoms with Gasteiger partial charge in [-0.25, -0.2) is 13.1 Å². The van der Waals surface area contributed by atoms with E-state index in [1.54, 1.807) is 24.3 Å². The first-order chi connectivity index (χ1) is 9.25. The second-order valence-electron chi connectivity index (χ2n) is 5.25. The third kappa shape index (κ3) is 4.84. The average molecular weight is 363 g/mol. The quantitative estimate of drug-likeness (QED) is 0.811. The molecule has 0 saturated carbocycles. The molecule has 1 aromatic carbocycles. The zero-order valence-electron chi connectivity index (χ0n) is 12.4. The summed E-state index contributed by atoms with van der Waals surface area (Å²) in [6, 6.07) is 7.61. The summed E-state index contributed by atoms with van der Waals surface area (Å²) in [4.78, 5) is 2.53. The van der Waals surface area contributed by atoms with Crippen LogP contribution >= 0.6 is 15.9 Å². The molecule has 1 N–H and O–H groups in total. The smallest absolute Gasteiger partial charge is 0.241 e. The summed E-state index contributed by atoms with van der Waals surface area (Å²) in [6.07, 6.45) is 0. The van der Waals surface area contributed by atoms with E-state index in [1.165, 1.54) is 0 Å². The summed E-state index contributed by atoms with van der Waals surface area (Å²) in [5.74, 6) is 0. The lowest BCUT2D eigenvalue weighted by molar-refractivity contribution is 0.179. The molecule has 6 heteroatoms. The highest BCUT2D eigenvalue weighted by atomic mass is 79.9. The molecule has 0 fully saturated rings. The van der Waals surface area contributed by atoms with E-state index in [2.05, 4.69) is 53.2 Å². The van der Waals surface area contributed by atoms with E-state index in [0.29, 0.717) is 29.6 Å². The highest BCUT2D eigenvalue weighted by molar-refractivity contribution is 9.10. The number of nitrogens with one attached hydrogen (secondary N) is 1. The largest absolute Gasteiger partial charge is 0.297 e. The highest BCUT2D eigenvalue weighted by Gasteiger charge is 2.18. The minimum atomic E-state index is -3.46. The first-order valence-corrected chi connectivity index (χ1v) is 9.03. The van der Waals surface area contributed by atoms with Gasteiger partial charge in [0.2, 0.25) is 10.0 Å². The Hall–Kier alpha value is -0.430. The highest BCUT2D eigenvalue weighted by Crippen LogP contribution is 2.20. The Balaban J connectivity index is 2.68. The first-order valence-electron chi connectivity index (χ1n) is 6.75. The van der Waals surface area contributed by atoms with Gasteiger partial charge in [0.25, 0.3) is 0 Å². The Kier molecular flexibility index (Phi) is 6.64. The Morgan fingerprint density at radius 2 is 1.70 bits per heavy atom. The van der Waals surface area contributed by atoms with E-state index in [0.717, 1.165) is 0 Å². The fourth-order valence-corrected chi connectivity index (χ4v) is 4.18. The van der Waals surface area contributed by atoms with Crippen molar-refractivity contribution in [2.75, 3.05) is 13.1 Å². The number of hydrogen-bond donors (Lipinski definition) is 1. The molecule has 0 radical (unpaired) electrons. The molecule has 0 heterocycles. The van der Waals surface area contributed by atoms with Gasteiger partial charge in [-0.1, -0.05) is 12.1 Å². The molecule has 0 aliphatic heterocycles. The zero-order chi connectivity index (χ0) is 15.3. The maximum Gasteiger partial charge on any atom is 0.241 e. The van der Waals surface area contributed by atoms with Gasteiger partial charge >= 0.3 is 0 Å². The molecule has 0 saturated heterocycles. The Morgan fingerprint density at radius 1 is 1.15 bits per heavy atom. The lowest BCUT2D eigenvalue weighted by Crippen LogP contribution is -2.42. The van der Waals surface area contributed by atoms with Crippen molar-refractivity contribution < 1.29 is 8.42 Å². The van der Waals surface area contributed by atoms with Crippen LogP contribution in [0.2, 0.25) is 0 Å². The predicted molar refractivity (Wildman–Crippen MR) is 86.3 cm³/mol. The fraction of sp³-hybridized carbons (Fsp3) is 0.571. The summed E-state index contributed by atoms with van der Waals surface area (Å²) in [5, 5.41) is 0. The molecule has 1 rings (SSSR count). The number of rotatable bonds is 7. The van der Waals surface area contributed by atoms with E-state index < -0.39 is 10.0 Å². The van der Waals surface area contributed by atoms with Crippen molar-refractivity contribution in [2.24, 2.45) is 0 Å². The molecule has 0 unspecified atom stereocenters. The molecule has 1 aromatic rings. The van der Waals surface area contributed by atoms with E-state index >= 15 is 0 Å². The van der Waals surface area contributed by atoms with Crippen molar-refractivity contribution in [3.8, 4) is 0 Å². The van der Waals surface area contributed by atoms with Crippen molar-refractivity contribution in [1.29, 1.82) is 0 Å². The van der Waals surface area contributed by atoms with Gasteiger partial charge in [-0.15, -0.1) is 0 Å². The number of hydrogen-bond acceptors (Lipinski definition) is 3. The van der Waals surface area contributed by atoms with Crippen LogP contribution in [0.15, 0.2) is 33.6 Å². The fourth-order valence-electron chi connectivity index (χ4n) is 2.16. The third-order valence-corrected chi connectivity index (χ3v) is 5.59. The van der Waals surface area contributed by atoms with Crippen molar-refractivity contribution >= 4 is 26.0 Å². The van der Waals surface area contributed by atoms with E-state index in [1.807, 2.05) is 0 Å². The molecule has 114 valence electrons. The van der Waals surface area contributed by atoms with Crippen LogP contribution in [-0.4, -0.2) is 38.5 Å². The van der Waals surface area contributed by atoms with Gasteiger partial charge in [0.05, 0.1) is 4.90 Å². The minimum Gasteiger partial charge on any atom is -0.297 e. The van der Waals surface area contributed by atoms with Gasteiger partial charge in [-0.2, -0.15) is 0 Å². The van der Waals surface area contributed by atoms with Crippen LogP contribution in [-0.2, 0) is 10.0 Å². The lowest BCUT2D eigenvalue weighted by Gasteiger charge is -2.30. The van der Waals surface area contributed by atoms with Crippen LogP contribution in [0, 0.1) is 0 Å². The van der Waals surface area contributed by atoms with Crippen LogP contribution in [0.3, 0.4) is 0 Å². The number of halogens is 1. The standard InChI is InChI=1S/C14H23BrN2O2S/c1-11(2)17(12(3)4)10-9-16-20(18,19)14-8-6-5-7-13(14)15/h5-8,11-12,16H,9-10H2,1-4H3. The van der Waals surface area contributed by atoms with Gasteiger partial charge in [0.1, 0.15) is 0 Å². The summed E-state index contributed by atoms with van der Waals surface area (Å²) in [7, 11) is -3.46.